The molecule has 0 saturated carbocycles. The molecule has 4 rings (SSSR count). The maximum atomic E-state index is 13.1. The van der Waals surface area contributed by atoms with Gasteiger partial charge < -0.3 is 14.5 Å². The summed E-state index contributed by atoms with van der Waals surface area (Å²) in [6.45, 7) is 3.78. The Kier molecular flexibility index (Phi) is 5.28. The Morgan fingerprint density at radius 3 is 2.77 bits per heavy atom. The number of rotatable bonds is 4. The lowest BCUT2D eigenvalue weighted by atomic mass is 9.99. The summed E-state index contributed by atoms with van der Waals surface area (Å²) in [5.41, 5.74) is 0.727. The third-order valence-corrected chi connectivity index (χ3v) is 5.54. The molecule has 0 aliphatic carbocycles. The van der Waals surface area contributed by atoms with E-state index in [4.69, 9.17) is 0 Å². The monoisotopic (exact) mass is 434 g/mol. The van der Waals surface area contributed by atoms with Gasteiger partial charge in [-0.15, -0.1) is 10.2 Å². The topological polar surface area (TPSA) is 94.7 Å². The fourth-order valence-corrected chi connectivity index (χ4v) is 3.80. The lowest BCUT2D eigenvalue weighted by Crippen LogP contribution is -2.34. The number of hydrogen-bond donors (Lipinski definition) is 1. The molecule has 11 heteroatoms. The van der Waals surface area contributed by atoms with Crippen molar-refractivity contribution in [2.75, 3.05) is 0 Å². The van der Waals surface area contributed by atoms with Gasteiger partial charge in [0.05, 0.1) is 17.8 Å². The number of hydrogen-bond acceptors (Lipinski definition) is 5. The first-order valence-corrected chi connectivity index (χ1v) is 9.95. The Morgan fingerprint density at radius 1 is 1.29 bits per heavy atom. The van der Waals surface area contributed by atoms with E-state index >= 15 is 0 Å². The van der Waals surface area contributed by atoms with Gasteiger partial charge in [-0.1, -0.05) is 0 Å². The number of nitrogens with one attached hydrogen (secondary N) is 1. The van der Waals surface area contributed by atoms with Crippen LogP contribution in [-0.2, 0) is 26.1 Å². The Morgan fingerprint density at radius 2 is 2.06 bits per heavy atom. The molecule has 8 nitrogen and oxygen atoms in total. The van der Waals surface area contributed by atoms with Crippen LogP contribution in [0.25, 0.3) is 11.0 Å². The third-order valence-electron chi connectivity index (χ3n) is 5.54. The molecule has 164 valence electrons. The minimum atomic E-state index is -4.30. The Hall–Kier alpha value is -3.24. The molecule has 1 N–H and O–H groups in total. The summed E-state index contributed by atoms with van der Waals surface area (Å²) >= 11 is 0. The second kappa shape index (κ2) is 7.78. The van der Waals surface area contributed by atoms with Crippen molar-refractivity contribution in [2.24, 2.45) is 5.92 Å². The number of pyridine rings is 2. The number of nitrogens with zero attached hydrogens (tertiary/aromatic N) is 5. The fourth-order valence-electron chi connectivity index (χ4n) is 3.80. The second-order valence-electron chi connectivity index (χ2n) is 7.58. The average molecular weight is 434 g/mol. The van der Waals surface area contributed by atoms with Crippen LogP contribution in [0.3, 0.4) is 0 Å². The molecule has 0 saturated heterocycles. The van der Waals surface area contributed by atoms with Gasteiger partial charge in [0.2, 0.25) is 5.43 Å². The van der Waals surface area contributed by atoms with Crippen molar-refractivity contribution >= 4 is 16.9 Å². The van der Waals surface area contributed by atoms with E-state index in [9.17, 15) is 22.8 Å². The molecule has 1 aliphatic rings. The molecule has 0 unspecified atom stereocenters. The van der Waals surface area contributed by atoms with Crippen LogP contribution in [-0.4, -0.2) is 36.4 Å². The zero-order valence-corrected chi connectivity index (χ0v) is 17.0. The van der Waals surface area contributed by atoms with Crippen LogP contribution in [0, 0.1) is 12.8 Å². The van der Waals surface area contributed by atoms with Crippen LogP contribution >= 0.6 is 0 Å². The first kappa shape index (κ1) is 21.0. The first-order chi connectivity index (χ1) is 14.7. The normalized spacial score (nSPS) is 16.4. The van der Waals surface area contributed by atoms with Crippen molar-refractivity contribution in [1.29, 1.82) is 0 Å². The van der Waals surface area contributed by atoms with Crippen molar-refractivity contribution in [1.82, 2.24) is 29.6 Å². The van der Waals surface area contributed by atoms with Crippen LogP contribution in [0.1, 0.15) is 41.0 Å². The van der Waals surface area contributed by atoms with E-state index in [2.05, 4.69) is 20.5 Å². The highest BCUT2D eigenvalue weighted by Crippen LogP contribution is 2.34. The number of aryl methyl sites for hydroxylation is 3. The molecule has 0 fully saturated rings. The van der Waals surface area contributed by atoms with Crippen LogP contribution in [0.15, 0.2) is 23.1 Å². The molecule has 0 radical (unpaired) electrons. The van der Waals surface area contributed by atoms with Crippen molar-refractivity contribution in [3.8, 4) is 0 Å². The van der Waals surface area contributed by atoms with Crippen LogP contribution in [0.5, 0.6) is 0 Å². The highest BCUT2D eigenvalue weighted by Gasteiger charge is 2.42. The maximum absolute atomic E-state index is 13.1. The minimum absolute atomic E-state index is 0.0326. The van der Waals surface area contributed by atoms with Gasteiger partial charge >= 0.3 is 6.18 Å². The predicted molar refractivity (Wildman–Crippen MR) is 105 cm³/mol. The number of fused-ring (bicyclic) bond motifs is 2. The van der Waals surface area contributed by atoms with Gasteiger partial charge in [-0.25, -0.2) is 4.98 Å². The summed E-state index contributed by atoms with van der Waals surface area (Å²) in [5.74, 6) is -1.41. The predicted octanol–water partition coefficient (Wildman–Crippen LogP) is 2.37. The summed E-state index contributed by atoms with van der Waals surface area (Å²) in [7, 11) is 0. The highest BCUT2D eigenvalue weighted by molar-refractivity contribution is 5.96. The van der Waals surface area contributed by atoms with Crippen molar-refractivity contribution < 1.29 is 18.0 Å². The third kappa shape index (κ3) is 3.91. The molecular weight excluding hydrogens is 413 g/mol. The van der Waals surface area contributed by atoms with Crippen molar-refractivity contribution in [3.05, 3.63) is 51.5 Å². The number of halogens is 3. The van der Waals surface area contributed by atoms with E-state index < -0.39 is 23.4 Å². The van der Waals surface area contributed by atoms with Gasteiger partial charge in [0.1, 0.15) is 17.0 Å². The number of amides is 1. The van der Waals surface area contributed by atoms with Gasteiger partial charge in [-0.3, -0.25) is 9.59 Å². The van der Waals surface area contributed by atoms with Gasteiger partial charge in [0.25, 0.3) is 5.91 Å². The molecule has 3 aromatic rings. The zero-order valence-electron chi connectivity index (χ0n) is 17.0. The largest absolute Gasteiger partial charge is 0.393 e. The van der Waals surface area contributed by atoms with Gasteiger partial charge in [-0.05, 0) is 32.4 Å². The molecule has 0 spiro atoms. The SMILES string of the molecule is CCn1cc(C(=O)NCc2nnc3n2C[C@@H](C(F)(F)F)CC3)c(=O)c2ccc(C)nc21. The summed E-state index contributed by atoms with van der Waals surface area (Å²) in [6, 6.07) is 3.33. The number of carbonyl (C=O) groups is 1. The molecule has 1 aliphatic heterocycles. The number of aromatic nitrogens is 5. The highest BCUT2D eigenvalue weighted by atomic mass is 19.4. The summed E-state index contributed by atoms with van der Waals surface area (Å²) in [5, 5.41) is 10.8. The Labute approximate surface area is 175 Å². The van der Waals surface area contributed by atoms with Crippen molar-refractivity contribution in [3.63, 3.8) is 0 Å². The van der Waals surface area contributed by atoms with Gasteiger partial charge in [0, 0.05) is 31.4 Å². The molecule has 31 heavy (non-hydrogen) atoms. The fraction of sp³-hybridized carbons (Fsp3) is 0.450. The maximum Gasteiger partial charge on any atom is 0.393 e. The van der Waals surface area contributed by atoms with E-state index in [1.165, 1.54) is 10.8 Å². The molecule has 4 heterocycles. The van der Waals surface area contributed by atoms with Crippen LogP contribution < -0.4 is 10.7 Å². The van der Waals surface area contributed by atoms with Crippen LogP contribution in [0.2, 0.25) is 0 Å². The Bertz CT molecular complexity index is 1210. The minimum Gasteiger partial charge on any atom is -0.345 e. The molecule has 0 aromatic carbocycles. The molecule has 1 amide bonds. The summed E-state index contributed by atoms with van der Waals surface area (Å²) in [4.78, 5) is 30.0. The first-order valence-electron chi connectivity index (χ1n) is 9.95. The molecule has 3 aromatic heterocycles. The standard InChI is InChI=1S/C20H21F3N6O2/c1-3-28-10-14(17(30)13-6-4-11(2)25-18(13)28)19(31)24-8-16-27-26-15-7-5-12(9-29(15)16)20(21,22)23/h4,6,10,12H,3,5,7-9H2,1-2H3,(H,24,31)/t12-/m0/s1. The smallest absolute Gasteiger partial charge is 0.345 e. The van der Waals surface area contributed by atoms with E-state index in [-0.39, 0.29) is 37.3 Å². The number of alkyl halides is 3. The lowest BCUT2D eigenvalue weighted by molar-refractivity contribution is -0.182. The Balaban J connectivity index is 1.58. The lowest BCUT2D eigenvalue weighted by Gasteiger charge is -2.26. The van der Waals surface area contributed by atoms with E-state index in [1.807, 2.05) is 13.8 Å². The molecule has 1 atom stereocenters. The van der Waals surface area contributed by atoms with E-state index in [1.54, 1.807) is 16.7 Å². The number of carbonyl (C=O) groups excluding carboxylic acids is 1. The van der Waals surface area contributed by atoms with E-state index in [0.29, 0.717) is 23.4 Å². The molecule has 0 bridgehead atoms. The van der Waals surface area contributed by atoms with Crippen molar-refractivity contribution in [2.45, 2.75) is 52.5 Å². The average Bonchev–Trinajstić information content (AvgIpc) is 3.14. The second-order valence-corrected chi connectivity index (χ2v) is 7.58. The van der Waals surface area contributed by atoms with Crippen LogP contribution in [0.4, 0.5) is 13.2 Å². The summed E-state index contributed by atoms with van der Waals surface area (Å²) < 4.78 is 42.4. The van der Waals surface area contributed by atoms with Gasteiger partial charge in [0.15, 0.2) is 5.82 Å². The van der Waals surface area contributed by atoms with Gasteiger partial charge in [-0.2, -0.15) is 13.2 Å². The zero-order chi connectivity index (χ0) is 22.3. The summed E-state index contributed by atoms with van der Waals surface area (Å²) in [6.07, 6.45) is -2.71. The quantitative estimate of drug-likeness (QED) is 0.680. The molecular formula is C20H21F3N6O2. The van der Waals surface area contributed by atoms with E-state index in [0.717, 1.165) is 5.69 Å².